The van der Waals surface area contributed by atoms with Crippen molar-refractivity contribution >= 4 is 40.9 Å². The number of hydrogen-bond acceptors (Lipinski definition) is 6. The lowest BCUT2D eigenvalue weighted by Gasteiger charge is -2.17. The van der Waals surface area contributed by atoms with Gasteiger partial charge < -0.3 is 25.8 Å². The predicted molar refractivity (Wildman–Crippen MR) is 153 cm³/mol. The van der Waals surface area contributed by atoms with Crippen molar-refractivity contribution < 1.29 is 23.9 Å². The maximum absolute atomic E-state index is 13.3. The Morgan fingerprint density at radius 3 is 1.92 bits per heavy atom. The molecule has 39 heavy (non-hydrogen) atoms. The van der Waals surface area contributed by atoms with E-state index in [1.807, 2.05) is 42.5 Å². The molecule has 0 spiro atoms. The molecule has 4 aromatic carbocycles. The van der Waals surface area contributed by atoms with Crippen LogP contribution < -0.4 is 25.8 Å². The second-order valence-electron chi connectivity index (χ2n) is 8.39. The van der Waals surface area contributed by atoms with Gasteiger partial charge in [0, 0.05) is 27.4 Å². The third-order valence-electron chi connectivity index (χ3n) is 5.79. The third kappa shape index (κ3) is 6.97. The van der Waals surface area contributed by atoms with Gasteiger partial charge in [-0.05, 0) is 72.3 Å². The fraction of sp³-hybridized carbons (Fsp3) is 0.100. The molecule has 198 valence electrons. The van der Waals surface area contributed by atoms with Gasteiger partial charge in [-0.25, -0.2) is 0 Å². The van der Waals surface area contributed by atoms with Crippen LogP contribution in [0.5, 0.6) is 11.5 Å². The van der Waals surface area contributed by atoms with Crippen LogP contribution >= 0.6 is 11.8 Å². The minimum atomic E-state index is -0.547. The Kier molecular flexibility index (Phi) is 8.86. The van der Waals surface area contributed by atoms with E-state index in [-0.39, 0.29) is 11.8 Å². The van der Waals surface area contributed by atoms with E-state index in [0.29, 0.717) is 34.0 Å². The van der Waals surface area contributed by atoms with Gasteiger partial charge in [0.1, 0.15) is 5.25 Å². The summed E-state index contributed by atoms with van der Waals surface area (Å²) in [6, 6.07) is 28.1. The summed E-state index contributed by atoms with van der Waals surface area (Å²) in [6.07, 6.45) is 0. The van der Waals surface area contributed by atoms with Gasteiger partial charge in [-0.15, -0.1) is 11.8 Å². The summed E-state index contributed by atoms with van der Waals surface area (Å²) < 4.78 is 10.5. The molecule has 3 amide bonds. The number of nitrogens with two attached hydrogens (primary N) is 1. The normalized spacial score (nSPS) is 11.2. The number of thioether (sulfide) groups is 1. The number of ether oxygens (including phenoxy) is 2. The van der Waals surface area contributed by atoms with Crippen molar-refractivity contribution in [2.45, 2.75) is 10.1 Å². The molecule has 4 aromatic rings. The van der Waals surface area contributed by atoms with Crippen molar-refractivity contribution in [1.82, 2.24) is 0 Å². The summed E-state index contributed by atoms with van der Waals surface area (Å²) in [5, 5.41) is 5.24. The van der Waals surface area contributed by atoms with Crippen LogP contribution in [0.2, 0.25) is 0 Å². The van der Waals surface area contributed by atoms with Crippen molar-refractivity contribution in [2.75, 3.05) is 24.9 Å². The molecule has 1 atom stereocenters. The molecule has 0 aliphatic rings. The third-order valence-corrected chi connectivity index (χ3v) is 7.06. The molecule has 0 saturated heterocycles. The van der Waals surface area contributed by atoms with Gasteiger partial charge in [0.05, 0.1) is 14.2 Å². The molecule has 0 saturated carbocycles. The van der Waals surface area contributed by atoms with Crippen LogP contribution in [-0.4, -0.2) is 31.9 Å². The summed E-state index contributed by atoms with van der Waals surface area (Å²) in [5.74, 6) is -0.0425. The van der Waals surface area contributed by atoms with Crippen molar-refractivity contribution in [2.24, 2.45) is 5.73 Å². The number of methoxy groups -OCH3 is 2. The maximum Gasteiger partial charge on any atom is 0.255 e. The number of benzene rings is 4. The van der Waals surface area contributed by atoms with Gasteiger partial charge in [0.25, 0.3) is 5.91 Å². The van der Waals surface area contributed by atoms with Gasteiger partial charge in [-0.1, -0.05) is 30.3 Å². The summed E-state index contributed by atoms with van der Waals surface area (Å²) in [6.45, 7) is 0. The lowest BCUT2D eigenvalue weighted by atomic mass is 10.1. The highest BCUT2D eigenvalue weighted by molar-refractivity contribution is 8.00. The fourth-order valence-electron chi connectivity index (χ4n) is 3.76. The van der Waals surface area contributed by atoms with Gasteiger partial charge >= 0.3 is 0 Å². The van der Waals surface area contributed by atoms with E-state index in [4.69, 9.17) is 15.2 Å². The monoisotopic (exact) mass is 541 g/mol. The Morgan fingerprint density at radius 1 is 0.718 bits per heavy atom. The van der Waals surface area contributed by atoms with Crippen LogP contribution in [0.25, 0.3) is 0 Å². The number of carbonyl (C=O) groups is 3. The van der Waals surface area contributed by atoms with Gasteiger partial charge in [-0.3, -0.25) is 14.4 Å². The second-order valence-corrected chi connectivity index (χ2v) is 9.57. The highest BCUT2D eigenvalue weighted by Crippen LogP contribution is 2.37. The summed E-state index contributed by atoms with van der Waals surface area (Å²) in [5.41, 5.74) is 8.08. The number of nitrogens with one attached hydrogen (secondary N) is 2. The Hall–Kier alpha value is -4.76. The van der Waals surface area contributed by atoms with Gasteiger partial charge in [0.2, 0.25) is 11.8 Å². The first kappa shape index (κ1) is 27.3. The number of rotatable bonds is 10. The van der Waals surface area contributed by atoms with Crippen LogP contribution in [0, 0.1) is 0 Å². The van der Waals surface area contributed by atoms with E-state index in [1.165, 1.54) is 26.0 Å². The quantitative estimate of drug-likeness (QED) is 0.227. The van der Waals surface area contributed by atoms with Crippen LogP contribution in [0.4, 0.5) is 11.4 Å². The maximum atomic E-state index is 13.3. The van der Waals surface area contributed by atoms with E-state index >= 15 is 0 Å². The Balaban J connectivity index is 1.47. The van der Waals surface area contributed by atoms with Crippen LogP contribution in [0.1, 0.15) is 31.5 Å². The number of hydrogen-bond donors (Lipinski definition) is 3. The molecule has 0 bridgehead atoms. The fourth-order valence-corrected chi connectivity index (χ4v) is 4.78. The second kappa shape index (κ2) is 12.7. The Morgan fingerprint density at radius 2 is 1.31 bits per heavy atom. The lowest BCUT2D eigenvalue weighted by molar-refractivity contribution is -0.115. The molecule has 0 aliphatic carbocycles. The van der Waals surface area contributed by atoms with Crippen LogP contribution in [0.3, 0.4) is 0 Å². The highest BCUT2D eigenvalue weighted by atomic mass is 32.2. The molecule has 4 rings (SSSR count). The predicted octanol–water partition coefficient (Wildman–Crippen LogP) is 5.53. The lowest BCUT2D eigenvalue weighted by Crippen LogP contribution is -2.19. The zero-order valence-electron chi connectivity index (χ0n) is 21.3. The van der Waals surface area contributed by atoms with E-state index in [1.54, 1.807) is 54.6 Å². The average Bonchev–Trinajstić information content (AvgIpc) is 2.97. The standard InChI is InChI=1S/C30H27N3O5S/c1-37-25-17-10-21(18-26(25)38-2)29(35)32-23-13-15-24(16-14-23)39-27(19-6-4-3-5-7-19)30(36)33-22-11-8-20(9-12-22)28(31)34/h3-18,27H,1-2H3,(H2,31,34)(H,32,35)(H,33,36). The molecule has 0 heterocycles. The topological polar surface area (TPSA) is 120 Å². The first-order valence-corrected chi connectivity index (χ1v) is 12.8. The number of primary amides is 1. The molecule has 4 N–H and O–H groups in total. The molecule has 1 unspecified atom stereocenters. The first-order chi connectivity index (χ1) is 18.9. The van der Waals surface area contributed by atoms with E-state index in [2.05, 4.69) is 10.6 Å². The Bertz CT molecular complexity index is 1460. The van der Waals surface area contributed by atoms with Crippen molar-refractivity contribution in [3.05, 3.63) is 114 Å². The van der Waals surface area contributed by atoms with Crippen molar-refractivity contribution in [3.8, 4) is 11.5 Å². The van der Waals surface area contributed by atoms with Crippen LogP contribution in [0.15, 0.2) is 102 Å². The van der Waals surface area contributed by atoms with E-state index < -0.39 is 11.2 Å². The molecule has 8 nitrogen and oxygen atoms in total. The summed E-state index contributed by atoms with van der Waals surface area (Å²) in [4.78, 5) is 38.2. The van der Waals surface area contributed by atoms with Crippen molar-refractivity contribution in [1.29, 1.82) is 0 Å². The number of amides is 3. The molecular weight excluding hydrogens is 514 g/mol. The van der Waals surface area contributed by atoms with Crippen LogP contribution in [-0.2, 0) is 4.79 Å². The zero-order chi connectivity index (χ0) is 27.8. The van der Waals surface area contributed by atoms with Crippen molar-refractivity contribution in [3.63, 3.8) is 0 Å². The minimum absolute atomic E-state index is 0.219. The average molecular weight is 542 g/mol. The molecule has 0 aliphatic heterocycles. The van der Waals surface area contributed by atoms with Gasteiger partial charge in [-0.2, -0.15) is 0 Å². The SMILES string of the molecule is COc1ccc(C(=O)Nc2ccc(SC(C(=O)Nc3ccc(C(N)=O)cc3)c3ccccc3)cc2)cc1OC. The summed E-state index contributed by atoms with van der Waals surface area (Å²) >= 11 is 1.38. The minimum Gasteiger partial charge on any atom is -0.493 e. The summed E-state index contributed by atoms with van der Waals surface area (Å²) in [7, 11) is 3.05. The van der Waals surface area contributed by atoms with E-state index in [0.717, 1.165) is 10.5 Å². The largest absolute Gasteiger partial charge is 0.493 e. The van der Waals surface area contributed by atoms with E-state index in [9.17, 15) is 14.4 Å². The molecule has 9 heteroatoms. The number of carbonyl (C=O) groups excluding carboxylic acids is 3. The molecule has 0 aromatic heterocycles. The molecule has 0 radical (unpaired) electrons. The smallest absolute Gasteiger partial charge is 0.255 e. The number of anilines is 2. The highest BCUT2D eigenvalue weighted by Gasteiger charge is 2.22. The first-order valence-electron chi connectivity index (χ1n) is 11.9. The zero-order valence-corrected chi connectivity index (χ0v) is 22.2. The van der Waals surface area contributed by atoms with Gasteiger partial charge in [0.15, 0.2) is 11.5 Å². The Labute approximate surface area is 230 Å². The molecular formula is C30H27N3O5S. The molecule has 0 fully saturated rings.